The Bertz CT molecular complexity index is 575. The van der Waals surface area contributed by atoms with Crippen molar-refractivity contribution in [3.8, 4) is 6.07 Å². The summed E-state index contributed by atoms with van der Waals surface area (Å²) in [5.41, 5.74) is 0.522. The summed E-state index contributed by atoms with van der Waals surface area (Å²) >= 11 is 0. The van der Waals surface area contributed by atoms with Gasteiger partial charge in [0.15, 0.2) is 0 Å². The third-order valence-electron chi connectivity index (χ3n) is 2.02. The monoisotopic (exact) mass is 259 g/mol. The number of alkyl halides is 3. The molecule has 0 radical (unpaired) electrons. The summed E-state index contributed by atoms with van der Waals surface area (Å²) in [5, 5.41) is 19.1. The van der Waals surface area contributed by atoms with Gasteiger partial charge >= 0.3 is 6.18 Å². The molecular formula is C9H4F3N3O3. The number of nitro groups is 1. The van der Waals surface area contributed by atoms with Crippen LogP contribution in [0.2, 0.25) is 0 Å². The van der Waals surface area contributed by atoms with Gasteiger partial charge in [-0.3, -0.25) is 14.9 Å². The molecule has 0 bridgehead atoms. The number of amides is 1. The van der Waals surface area contributed by atoms with Crippen molar-refractivity contribution >= 4 is 11.6 Å². The first-order valence-electron chi connectivity index (χ1n) is 4.28. The lowest BCUT2D eigenvalue weighted by molar-refractivity contribution is -0.385. The maximum absolute atomic E-state index is 12.6. The molecule has 1 rings (SSSR count). The molecular weight excluding hydrogens is 255 g/mol. The maximum Gasteiger partial charge on any atom is 0.417 e. The third-order valence-corrected chi connectivity index (χ3v) is 2.02. The minimum absolute atomic E-state index is 0.124. The van der Waals surface area contributed by atoms with Gasteiger partial charge in [-0.25, -0.2) is 0 Å². The number of nitro benzene ring substituents is 1. The summed E-state index contributed by atoms with van der Waals surface area (Å²) in [4.78, 5) is 20.2. The molecule has 2 N–H and O–H groups in total. The van der Waals surface area contributed by atoms with Gasteiger partial charge in [-0.05, 0) is 6.07 Å². The number of nitrogens with two attached hydrogens (primary N) is 1. The Morgan fingerprint density at radius 3 is 2.33 bits per heavy atom. The molecule has 1 aromatic carbocycles. The van der Waals surface area contributed by atoms with Crippen LogP contribution in [0.3, 0.4) is 0 Å². The number of hydrogen-bond donors (Lipinski definition) is 1. The highest BCUT2D eigenvalue weighted by Crippen LogP contribution is 2.35. The van der Waals surface area contributed by atoms with Crippen molar-refractivity contribution in [2.24, 2.45) is 5.73 Å². The summed E-state index contributed by atoms with van der Waals surface area (Å²) in [6, 6.07) is 1.92. The van der Waals surface area contributed by atoms with Crippen LogP contribution in [0.4, 0.5) is 18.9 Å². The molecule has 18 heavy (non-hydrogen) atoms. The zero-order valence-electron chi connectivity index (χ0n) is 8.49. The van der Waals surface area contributed by atoms with E-state index in [2.05, 4.69) is 0 Å². The van der Waals surface area contributed by atoms with Gasteiger partial charge in [-0.2, -0.15) is 18.4 Å². The van der Waals surface area contributed by atoms with Gasteiger partial charge < -0.3 is 5.73 Å². The summed E-state index contributed by atoms with van der Waals surface area (Å²) in [6.07, 6.45) is -4.98. The largest absolute Gasteiger partial charge is 0.417 e. The van der Waals surface area contributed by atoms with E-state index < -0.39 is 39.4 Å². The normalized spacial score (nSPS) is 10.8. The van der Waals surface area contributed by atoms with E-state index in [0.29, 0.717) is 6.07 Å². The maximum atomic E-state index is 12.6. The zero-order chi connectivity index (χ0) is 14.1. The number of primary amides is 1. The lowest BCUT2D eigenvalue weighted by Crippen LogP contribution is -2.19. The quantitative estimate of drug-likeness (QED) is 0.642. The van der Waals surface area contributed by atoms with E-state index in [-0.39, 0.29) is 6.07 Å². The van der Waals surface area contributed by atoms with Crippen LogP contribution in [0.25, 0.3) is 0 Å². The Labute approximate surface area is 97.6 Å². The van der Waals surface area contributed by atoms with Crippen molar-refractivity contribution in [2.75, 3.05) is 0 Å². The molecule has 0 saturated heterocycles. The van der Waals surface area contributed by atoms with E-state index >= 15 is 0 Å². The first-order chi connectivity index (χ1) is 8.18. The Hall–Kier alpha value is -2.63. The van der Waals surface area contributed by atoms with Crippen molar-refractivity contribution in [1.82, 2.24) is 0 Å². The number of carbonyl (C=O) groups is 1. The van der Waals surface area contributed by atoms with E-state index in [9.17, 15) is 28.1 Å². The van der Waals surface area contributed by atoms with Gasteiger partial charge in [-0.1, -0.05) is 0 Å². The molecule has 1 amide bonds. The SMILES string of the molecule is N#Cc1cc(C(N)=O)c(C(F)(F)F)cc1[N+](=O)[O-]. The molecule has 6 nitrogen and oxygen atoms in total. The van der Waals surface area contributed by atoms with Crippen molar-refractivity contribution < 1.29 is 22.9 Å². The number of benzene rings is 1. The highest BCUT2D eigenvalue weighted by Gasteiger charge is 2.37. The van der Waals surface area contributed by atoms with Gasteiger partial charge in [-0.15, -0.1) is 0 Å². The van der Waals surface area contributed by atoms with Crippen LogP contribution in [0.5, 0.6) is 0 Å². The van der Waals surface area contributed by atoms with Crippen molar-refractivity contribution in [1.29, 1.82) is 5.26 Å². The van der Waals surface area contributed by atoms with Crippen LogP contribution in [0, 0.1) is 21.4 Å². The zero-order valence-corrected chi connectivity index (χ0v) is 8.49. The fourth-order valence-electron chi connectivity index (χ4n) is 1.27. The van der Waals surface area contributed by atoms with E-state index in [1.165, 1.54) is 6.07 Å². The number of carbonyl (C=O) groups excluding carboxylic acids is 1. The van der Waals surface area contributed by atoms with Crippen LogP contribution >= 0.6 is 0 Å². The third kappa shape index (κ3) is 2.37. The fraction of sp³-hybridized carbons (Fsp3) is 0.111. The molecule has 0 aromatic heterocycles. The van der Waals surface area contributed by atoms with Gasteiger partial charge in [0.25, 0.3) is 5.69 Å². The molecule has 0 aliphatic carbocycles. The van der Waals surface area contributed by atoms with E-state index in [1.807, 2.05) is 0 Å². The van der Waals surface area contributed by atoms with Crippen molar-refractivity contribution in [3.05, 3.63) is 38.9 Å². The topological polar surface area (TPSA) is 110 Å². The van der Waals surface area contributed by atoms with Gasteiger partial charge in [0.1, 0.15) is 11.6 Å². The number of hydrogen-bond acceptors (Lipinski definition) is 4. The van der Waals surface area contributed by atoms with Crippen LogP contribution in [0.15, 0.2) is 12.1 Å². The Kier molecular flexibility index (Phi) is 3.23. The second-order valence-electron chi connectivity index (χ2n) is 3.15. The summed E-state index contributed by atoms with van der Waals surface area (Å²) in [7, 11) is 0. The lowest BCUT2D eigenvalue weighted by Gasteiger charge is -2.10. The molecule has 0 heterocycles. The number of halogens is 3. The molecule has 0 unspecified atom stereocenters. The molecule has 94 valence electrons. The predicted octanol–water partition coefficient (Wildman–Crippen LogP) is 1.58. The summed E-state index contributed by atoms with van der Waals surface area (Å²) in [6.45, 7) is 0. The van der Waals surface area contributed by atoms with Crippen LogP contribution in [0.1, 0.15) is 21.5 Å². The molecule has 0 atom stereocenters. The fourth-order valence-corrected chi connectivity index (χ4v) is 1.27. The Morgan fingerprint density at radius 1 is 1.44 bits per heavy atom. The van der Waals surface area contributed by atoms with Crippen LogP contribution in [-0.4, -0.2) is 10.8 Å². The highest BCUT2D eigenvalue weighted by molar-refractivity contribution is 5.95. The van der Waals surface area contributed by atoms with Crippen molar-refractivity contribution in [2.45, 2.75) is 6.18 Å². The predicted molar refractivity (Wildman–Crippen MR) is 51.3 cm³/mol. The standard InChI is InChI=1S/C9H4F3N3O3/c10-9(11,12)6-2-7(15(17)18)4(3-13)1-5(6)8(14)16/h1-2H,(H2,14,16). The molecule has 0 saturated carbocycles. The number of nitriles is 1. The van der Waals surface area contributed by atoms with Crippen LogP contribution < -0.4 is 5.73 Å². The average Bonchev–Trinajstić information content (AvgIpc) is 2.25. The number of nitrogens with zero attached hydrogens (tertiary/aromatic N) is 2. The highest BCUT2D eigenvalue weighted by atomic mass is 19.4. The first kappa shape index (κ1) is 13.4. The number of rotatable bonds is 2. The van der Waals surface area contributed by atoms with Gasteiger partial charge in [0.05, 0.1) is 16.1 Å². The molecule has 0 spiro atoms. The lowest BCUT2D eigenvalue weighted by atomic mass is 10.0. The van der Waals surface area contributed by atoms with Crippen molar-refractivity contribution in [3.63, 3.8) is 0 Å². The Morgan fingerprint density at radius 2 is 2.00 bits per heavy atom. The molecule has 9 heteroatoms. The molecule has 0 aliphatic rings. The molecule has 0 fully saturated rings. The molecule has 1 aromatic rings. The molecule has 0 aliphatic heterocycles. The van der Waals surface area contributed by atoms with E-state index in [1.54, 1.807) is 0 Å². The minimum atomic E-state index is -4.98. The minimum Gasteiger partial charge on any atom is -0.366 e. The Balaban J connectivity index is 3.70. The first-order valence-corrected chi connectivity index (χ1v) is 4.28. The second-order valence-corrected chi connectivity index (χ2v) is 3.15. The van der Waals surface area contributed by atoms with E-state index in [0.717, 1.165) is 0 Å². The van der Waals surface area contributed by atoms with E-state index in [4.69, 9.17) is 11.0 Å². The summed E-state index contributed by atoms with van der Waals surface area (Å²) < 4.78 is 37.7. The second kappa shape index (κ2) is 4.33. The summed E-state index contributed by atoms with van der Waals surface area (Å²) in [5.74, 6) is -1.42. The smallest absolute Gasteiger partial charge is 0.366 e. The average molecular weight is 259 g/mol. The van der Waals surface area contributed by atoms with Gasteiger partial charge in [0.2, 0.25) is 5.91 Å². The van der Waals surface area contributed by atoms with Crippen LogP contribution in [-0.2, 0) is 6.18 Å². The van der Waals surface area contributed by atoms with Gasteiger partial charge in [0, 0.05) is 6.07 Å².